The summed E-state index contributed by atoms with van der Waals surface area (Å²) in [5.74, 6) is 3.06. The lowest BCUT2D eigenvalue weighted by atomic mass is 9.43. The van der Waals surface area contributed by atoms with Gasteiger partial charge in [-0.3, -0.25) is 14.6 Å². The molecule has 6 fully saturated rings. The van der Waals surface area contributed by atoms with Crippen LogP contribution in [0.3, 0.4) is 0 Å². The summed E-state index contributed by atoms with van der Waals surface area (Å²) in [6.45, 7) is 9.60. The number of carbonyl (C=O) groups is 2. The van der Waals surface area contributed by atoms with Crippen molar-refractivity contribution in [1.29, 1.82) is 0 Å². The van der Waals surface area contributed by atoms with Gasteiger partial charge in [-0.15, -0.1) is 0 Å². The summed E-state index contributed by atoms with van der Waals surface area (Å²) in [6, 6.07) is 7.39. The lowest BCUT2D eigenvalue weighted by Gasteiger charge is -2.66. The van der Waals surface area contributed by atoms with Crippen molar-refractivity contribution in [3.05, 3.63) is 29.3 Å². The number of likely N-dealkylation sites (tertiary alicyclic amines) is 3. The Bertz CT molecular complexity index is 1270. The van der Waals surface area contributed by atoms with Gasteiger partial charge < -0.3 is 14.4 Å². The van der Waals surface area contributed by atoms with Gasteiger partial charge in [0.25, 0.3) is 0 Å². The minimum Gasteiger partial charge on any atom is -0.497 e. The lowest BCUT2D eigenvalue weighted by Crippen LogP contribution is -2.70. The van der Waals surface area contributed by atoms with E-state index in [1.807, 2.05) is 20.8 Å². The third-order valence-corrected chi connectivity index (χ3v) is 12.4. The molecule has 8 rings (SSSR count). The molecule has 4 aliphatic carbocycles. The number of amides is 2. The van der Waals surface area contributed by atoms with Gasteiger partial charge in [-0.05, 0) is 132 Å². The molecule has 0 aromatic heterocycles. The third-order valence-electron chi connectivity index (χ3n) is 12.4. The fourth-order valence-corrected chi connectivity index (χ4v) is 11.1. The second-order valence-corrected chi connectivity index (χ2v) is 15.5. The van der Waals surface area contributed by atoms with Crippen LogP contribution in [0.15, 0.2) is 18.2 Å². The first-order chi connectivity index (χ1) is 19.6. The van der Waals surface area contributed by atoms with Gasteiger partial charge in [0.05, 0.1) is 7.11 Å². The Morgan fingerprint density at radius 1 is 1.05 bits per heavy atom. The maximum atomic E-state index is 14.3. The second kappa shape index (κ2) is 8.87. The number of benzene rings is 1. The number of fused-ring (bicyclic) bond motifs is 1. The summed E-state index contributed by atoms with van der Waals surface area (Å²) in [5.41, 5.74) is 2.91. The topological polar surface area (TPSA) is 62.3 Å². The van der Waals surface area contributed by atoms with Crippen molar-refractivity contribution in [3.63, 3.8) is 0 Å². The van der Waals surface area contributed by atoms with Gasteiger partial charge >= 0.3 is 6.09 Å². The van der Waals surface area contributed by atoms with E-state index in [0.717, 1.165) is 43.9 Å². The maximum Gasteiger partial charge on any atom is 0.410 e. The highest BCUT2D eigenvalue weighted by Gasteiger charge is 2.76. The molecule has 1 aromatic rings. The molecule has 3 aliphatic heterocycles. The zero-order valence-electron chi connectivity index (χ0n) is 25.4. The number of hydrogen-bond donors (Lipinski definition) is 0. The number of hydrogen-bond acceptors (Lipinski definition) is 5. The molecule has 7 aliphatic rings. The first kappa shape index (κ1) is 26.4. The van der Waals surface area contributed by atoms with E-state index in [1.165, 1.54) is 50.8 Å². The summed E-state index contributed by atoms with van der Waals surface area (Å²) in [6.07, 6.45) is 9.97. The molecule has 222 valence electrons. The van der Waals surface area contributed by atoms with E-state index in [4.69, 9.17) is 9.47 Å². The molecule has 0 N–H and O–H groups in total. The Morgan fingerprint density at radius 3 is 2.63 bits per heavy atom. The van der Waals surface area contributed by atoms with Crippen LogP contribution in [-0.4, -0.2) is 83.7 Å². The molecule has 7 nitrogen and oxygen atoms in total. The fourth-order valence-electron chi connectivity index (χ4n) is 11.1. The molecule has 4 bridgehead atoms. The van der Waals surface area contributed by atoms with E-state index in [-0.39, 0.29) is 29.5 Å². The number of piperidine rings is 1. The Kier molecular flexibility index (Phi) is 5.70. The zero-order valence-corrected chi connectivity index (χ0v) is 25.4. The number of carbonyl (C=O) groups excluding carboxylic acids is 2. The molecular weight excluding hydrogens is 514 g/mol. The van der Waals surface area contributed by atoms with E-state index in [1.54, 1.807) is 17.6 Å². The Morgan fingerprint density at radius 2 is 1.88 bits per heavy atom. The normalized spacial score (nSPS) is 39.0. The van der Waals surface area contributed by atoms with Crippen molar-refractivity contribution in [2.75, 3.05) is 33.3 Å². The minimum absolute atomic E-state index is 0.114. The number of rotatable bonds is 4. The van der Waals surface area contributed by atoms with Crippen molar-refractivity contribution in [2.24, 2.45) is 23.2 Å². The molecule has 3 heterocycles. The quantitative estimate of drug-likeness (QED) is 0.518. The Balaban J connectivity index is 1.15. The zero-order chi connectivity index (χ0) is 28.3. The highest BCUT2D eigenvalue weighted by molar-refractivity contribution is 5.87. The molecule has 0 radical (unpaired) electrons. The standard InChI is InChI=1S/C34H47N3O4/c1-32(2,3)41-31(39)36-14-5-6-27(36)30(38)37-20-23-18-33-12-11-26(37)29(23)34(33)13-15-35(19-21-7-8-21)28(33)16-22-9-10-24(40-4)17-25(22)34/h9-10,17,21,23,26-29H,5-8,11-16,18-20H2,1-4H3/t23-,26?,27-,28?,29?,33?,34?/m0/s1. The van der Waals surface area contributed by atoms with Crippen LogP contribution in [0.25, 0.3) is 0 Å². The molecule has 0 spiro atoms. The monoisotopic (exact) mass is 561 g/mol. The average molecular weight is 562 g/mol. The van der Waals surface area contributed by atoms with E-state index < -0.39 is 5.60 Å². The van der Waals surface area contributed by atoms with Crippen LogP contribution in [0.5, 0.6) is 5.75 Å². The van der Waals surface area contributed by atoms with Gasteiger partial charge in [0.1, 0.15) is 17.4 Å². The molecule has 41 heavy (non-hydrogen) atoms. The van der Waals surface area contributed by atoms with Crippen LogP contribution in [0.1, 0.15) is 83.3 Å². The highest BCUT2D eigenvalue weighted by atomic mass is 16.6. The molecule has 7 heteroatoms. The van der Waals surface area contributed by atoms with Crippen molar-refractivity contribution in [2.45, 2.75) is 108 Å². The largest absolute Gasteiger partial charge is 0.497 e. The van der Waals surface area contributed by atoms with E-state index >= 15 is 0 Å². The van der Waals surface area contributed by atoms with Crippen LogP contribution < -0.4 is 4.74 Å². The van der Waals surface area contributed by atoms with Gasteiger partial charge in [0, 0.05) is 37.1 Å². The fraction of sp³-hybridized carbons (Fsp3) is 0.765. The first-order valence-corrected chi connectivity index (χ1v) is 16.4. The van der Waals surface area contributed by atoms with E-state index in [0.29, 0.717) is 29.8 Å². The molecule has 2 amide bonds. The van der Waals surface area contributed by atoms with Gasteiger partial charge in [-0.1, -0.05) is 6.07 Å². The van der Waals surface area contributed by atoms with Crippen molar-refractivity contribution in [1.82, 2.24) is 14.7 Å². The summed E-state index contributed by atoms with van der Waals surface area (Å²) in [5, 5.41) is 0. The maximum absolute atomic E-state index is 14.3. The Hall–Kier alpha value is -2.28. The second-order valence-electron chi connectivity index (χ2n) is 15.5. The predicted molar refractivity (Wildman–Crippen MR) is 156 cm³/mol. The molecule has 3 saturated heterocycles. The highest BCUT2D eigenvalue weighted by Crippen LogP contribution is 2.75. The van der Waals surface area contributed by atoms with Gasteiger partial charge in [0.15, 0.2) is 0 Å². The van der Waals surface area contributed by atoms with Crippen LogP contribution in [0.4, 0.5) is 4.79 Å². The number of methoxy groups -OCH3 is 1. The SMILES string of the molecule is COc1ccc2c(c1)C13CCN(CC4CC4)C(C2)C12CCC1C3[C@H](CN1C(=O)[C@@H]1CCCN1C(=O)OC(C)(C)C)C2. The molecule has 3 saturated carbocycles. The molecular formula is C34H47N3O4. The third kappa shape index (κ3) is 3.66. The van der Waals surface area contributed by atoms with Gasteiger partial charge in [-0.25, -0.2) is 4.79 Å². The van der Waals surface area contributed by atoms with Crippen LogP contribution >= 0.6 is 0 Å². The van der Waals surface area contributed by atoms with Crippen LogP contribution in [-0.2, 0) is 21.4 Å². The van der Waals surface area contributed by atoms with Crippen LogP contribution in [0, 0.1) is 23.2 Å². The number of nitrogens with zero attached hydrogens (tertiary/aromatic N) is 3. The molecule has 7 atom stereocenters. The van der Waals surface area contributed by atoms with Crippen molar-refractivity contribution in [3.8, 4) is 5.75 Å². The molecule has 5 unspecified atom stereocenters. The summed E-state index contributed by atoms with van der Waals surface area (Å²) in [4.78, 5) is 34.3. The smallest absolute Gasteiger partial charge is 0.410 e. The van der Waals surface area contributed by atoms with Gasteiger partial charge in [0.2, 0.25) is 5.91 Å². The summed E-state index contributed by atoms with van der Waals surface area (Å²) in [7, 11) is 1.79. The van der Waals surface area contributed by atoms with Crippen molar-refractivity contribution < 1.29 is 19.1 Å². The molecule has 1 aromatic carbocycles. The van der Waals surface area contributed by atoms with Gasteiger partial charge in [-0.2, -0.15) is 0 Å². The first-order valence-electron chi connectivity index (χ1n) is 16.4. The van der Waals surface area contributed by atoms with E-state index in [9.17, 15) is 9.59 Å². The minimum atomic E-state index is -0.565. The average Bonchev–Trinajstić information content (AvgIpc) is 3.38. The predicted octanol–water partition coefficient (Wildman–Crippen LogP) is 5.00. The van der Waals surface area contributed by atoms with Crippen molar-refractivity contribution >= 4 is 12.0 Å². The number of ether oxygens (including phenoxy) is 2. The summed E-state index contributed by atoms with van der Waals surface area (Å²) < 4.78 is 11.5. The van der Waals surface area contributed by atoms with Crippen LogP contribution in [0.2, 0.25) is 0 Å². The lowest BCUT2D eigenvalue weighted by molar-refractivity contribution is -0.144. The Labute approximate surface area is 244 Å². The summed E-state index contributed by atoms with van der Waals surface area (Å²) >= 11 is 0. The van der Waals surface area contributed by atoms with E-state index in [2.05, 4.69) is 28.0 Å².